The summed E-state index contributed by atoms with van der Waals surface area (Å²) in [6.07, 6.45) is 8.84. The lowest BCUT2D eigenvalue weighted by Crippen LogP contribution is -2.42. The maximum Gasteiger partial charge on any atom is 0.328 e. The van der Waals surface area contributed by atoms with E-state index >= 15 is 0 Å². The van der Waals surface area contributed by atoms with E-state index in [2.05, 4.69) is 15.3 Å². The minimum atomic E-state index is -0.638. The average molecular weight is 359 g/mol. The van der Waals surface area contributed by atoms with Crippen LogP contribution in [0.4, 0.5) is 0 Å². The van der Waals surface area contributed by atoms with E-state index in [0.717, 1.165) is 31.4 Å². The van der Waals surface area contributed by atoms with Crippen LogP contribution < -0.4 is 10.1 Å². The van der Waals surface area contributed by atoms with Crippen molar-refractivity contribution >= 4 is 11.9 Å². The molecule has 0 saturated heterocycles. The number of nitrogens with zero attached hydrogens (tertiary/aromatic N) is 2. The summed E-state index contributed by atoms with van der Waals surface area (Å²) in [5, 5.41) is 2.75. The molecule has 26 heavy (non-hydrogen) atoms. The largest absolute Gasteiger partial charge is 0.476 e. The summed E-state index contributed by atoms with van der Waals surface area (Å²) in [4.78, 5) is 33.4. The van der Waals surface area contributed by atoms with Gasteiger partial charge in [-0.05, 0) is 43.9 Å². The Balaban J connectivity index is 1.46. The summed E-state index contributed by atoms with van der Waals surface area (Å²) in [6, 6.07) is -0.638. The summed E-state index contributed by atoms with van der Waals surface area (Å²) >= 11 is 0. The third-order valence-electron chi connectivity index (χ3n) is 5.17. The Kier molecular flexibility index (Phi) is 4.78. The zero-order valence-electron chi connectivity index (χ0n) is 15.1. The molecule has 3 aliphatic rings. The van der Waals surface area contributed by atoms with Crippen LogP contribution >= 0.6 is 0 Å². The van der Waals surface area contributed by atoms with Gasteiger partial charge >= 0.3 is 5.97 Å². The van der Waals surface area contributed by atoms with Crippen molar-refractivity contribution in [3.8, 4) is 5.88 Å². The highest BCUT2D eigenvalue weighted by molar-refractivity contribution is 5.95. The van der Waals surface area contributed by atoms with Crippen LogP contribution in [0.15, 0.2) is 6.20 Å². The fourth-order valence-corrected chi connectivity index (χ4v) is 2.99. The lowest BCUT2D eigenvalue weighted by molar-refractivity contribution is -0.143. The third kappa shape index (κ3) is 4.31. The van der Waals surface area contributed by atoms with Gasteiger partial charge in [-0.25, -0.2) is 9.78 Å². The number of ether oxygens (including phenoxy) is 2. The topological polar surface area (TPSA) is 90.4 Å². The molecule has 0 aliphatic heterocycles. The fourth-order valence-electron chi connectivity index (χ4n) is 2.99. The van der Waals surface area contributed by atoms with Gasteiger partial charge in [0, 0.05) is 5.92 Å². The molecule has 0 aromatic carbocycles. The quantitative estimate of drug-likeness (QED) is 0.680. The molecule has 4 rings (SSSR count). The number of hydrogen-bond acceptors (Lipinski definition) is 6. The first-order valence-corrected chi connectivity index (χ1v) is 9.52. The van der Waals surface area contributed by atoms with Gasteiger partial charge in [0.05, 0.1) is 19.9 Å². The van der Waals surface area contributed by atoms with Crippen molar-refractivity contribution in [3.05, 3.63) is 17.6 Å². The van der Waals surface area contributed by atoms with Gasteiger partial charge in [-0.2, -0.15) is 0 Å². The van der Waals surface area contributed by atoms with Crippen molar-refractivity contribution in [1.29, 1.82) is 0 Å². The van der Waals surface area contributed by atoms with Crippen LogP contribution in [-0.2, 0) is 9.53 Å². The predicted octanol–water partition coefficient (Wildman–Crippen LogP) is 2.21. The van der Waals surface area contributed by atoms with Gasteiger partial charge in [0.1, 0.15) is 11.7 Å². The SMILES string of the molecule is COC(=O)C(CC1CC1)NC(=O)c1cnc(C2CC2)c(OCC2CC2)n1. The Morgan fingerprint density at radius 1 is 1.19 bits per heavy atom. The highest BCUT2D eigenvalue weighted by atomic mass is 16.5. The van der Waals surface area contributed by atoms with Crippen molar-refractivity contribution in [2.45, 2.75) is 56.9 Å². The molecular formula is C19H25N3O4. The van der Waals surface area contributed by atoms with Gasteiger partial charge in [0.15, 0.2) is 5.69 Å². The van der Waals surface area contributed by atoms with Crippen molar-refractivity contribution in [2.24, 2.45) is 11.8 Å². The van der Waals surface area contributed by atoms with E-state index in [1.54, 1.807) is 0 Å². The normalized spacial score (nSPS) is 20.3. The lowest BCUT2D eigenvalue weighted by Gasteiger charge is -2.16. The number of carbonyl (C=O) groups is 2. The van der Waals surface area contributed by atoms with E-state index in [1.165, 1.54) is 26.1 Å². The second kappa shape index (κ2) is 7.21. The fraction of sp³-hybridized carbons (Fsp3) is 0.684. The Labute approximate surface area is 152 Å². The summed E-state index contributed by atoms with van der Waals surface area (Å²) in [5.41, 5.74) is 1.04. The van der Waals surface area contributed by atoms with Crippen molar-refractivity contribution in [1.82, 2.24) is 15.3 Å². The lowest BCUT2D eigenvalue weighted by atomic mass is 10.1. The van der Waals surface area contributed by atoms with E-state index in [4.69, 9.17) is 9.47 Å². The van der Waals surface area contributed by atoms with Crippen LogP contribution in [-0.4, -0.2) is 41.6 Å². The van der Waals surface area contributed by atoms with E-state index < -0.39 is 17.9 Å². The Bertz CT molecular complexity index is 696. The molecule has 1 N–H and O–H groups in total. The Morgan fingerprint density at radius 2 is 1.92 bits per heavy atom. The van der Waals surface area contributed by atoms with E-state index in [-0.39, 0.29) is 5.69 Å². The first kappa shape index (κ1) is 17.2. The van der Waals surface area contributed by atoms with Crippen molar-refractivity contribution in [2.75, 3.05) is 13.7 Å². The van der Waals surface area contributed by atoms with Gasteiger partial charge in [-0.1, -0.05) is 12.8 Å². The molecule has 3 aliphatic carbocycles. The number of esters is 1. The number of carbonyl (C=O) groups excluding carboxylic acids is 2. The summed E-state index contributed by atoms with van der Waals surface area (Å²) < 4.78 is 10.7. The maximum atomic E-state index is 12.6. The molecule has 1 unspecified atom stereocenters. The highest BCUT2D eigenvalue weighted by Gasteiger charge is 2.33. The first-order chi connectivity index (χ1) is 12.6. The molecule has 0 radical (unpaired) electrons. The van der Waals surface area contributed by atoms with Crippen LogP contribution in [0.3, 0.4) is 0 Å². The molecule has 3 fully saturated rings. The summed E-state index contributed by atoms with van der Waals surface area (Å²) in [7, 11) is 1.34. The molecule has 1 atom stereocenters. The monoisotopic (exact) mass is 359 g/mol. The number of hydrogen-bond donors (Lipinski definition) is 1. The molecule has 7 heteroatoms. The van der Waals surface area contributed by atoms with Crippen LogP contribution in [0.5, 0.6) is 5.88 Å². The zero-order valence-corrected chi connectivity index (χ0v) is 15.1. The van der Waals surface area contributed by atoms with E-state index in [9.17, 15) is 9.59 Å². The van der Waals surface area contributed by atoms with Gasteiger partial charge in [0.25, 0.3) is 5.91 Å². The van der Waals surface area contributed by atoms with E-state index in [0.29, 0.717) is 36.7 Å². The molecule has 1 amide bonds. The van der Waals surface area contributed by atoms with Gasteiger partial charge in [-0.15, -0.1) is 0 Å². The highest BCUT2D eigenvalue weighted by Crippen LogP contribution is 2.43. The second-order valence-electron chi connectivity index (χ2n) is 7.70. The molecule has 1 heterocycles. The standard InChI is InChI=1S/C19H25N3O4/c1-25-19(24)14(8-11-2-3-11)21-17(23)15-9-20-16(13-6-7-13)18(22-15)26-10-12-4-5-12/h9,11-14H,2-8,10H2,1H3,(H,21,23). The number of amides is 1. The van der Waals surface area contributed by atoms with Crippen LogP contribution in [0.25, 0.3) is 0 Å². The number of methoxy groups -OCH3 is 1. The smallest absolute Gasteiger partial charge is 0.328 e. The predicted molar refractivity (Wildman–Crippen MR) is 92.8 cm³/mol. The van der Waals surface area contributed by atoms with Crippen LogP contribution in [0.1, 0.15) is 67.0 Å². The third-order valence-corrected chi connectivity index (χ3v) is 5.17. The molecule has 0 bridgehead atoms. The molecule has 1 aromatic rings. The van der Waals surface area contributed by atoms with Crippen LogP contribution in [0, 0.1) is 11.8 Å². The molecule has 0 spiro atoms. The molecule has 3 saturated carbocycles. The van der Waals surface area contributed by atoms with Crippen LogP contribution in [0.2, 0.25) is 0 Å². The summed E-state index contributed by atoms with van der Waals surface area (Å²) in [5.74, 6) is 1.13. The number of nitrogens with one attached hydrogen (secondary N) is 1. The van der Waals surface area contributed by atoms with Gasteiger partial charge in [0.2, 0.25) is 5.88 Å². The molecule has 140 valence electrons. The zero-order chi connectivity index (χ0) is 18.1. The summed E-state index contributed by atoms with van der Waals surface area (Å²) in [6.45, 7) is 0.631. The van der Waals surface area contributed by atoms with E-state index in [1.807, 2.05) is 0 Å². The van der Waals surface area contributed by atoms with Gasteiger partial charge < -0.3 is 14.8 Å². The molecule has 1 aromatic heterocycles. The molecule has 7 nitrogen and oxygen atoms in total. The Morgan fingerprint density at radius 3 is 2.54 bits per heavy atom. The number of aromatic nitrogens is 2. The van der Waals surface area contributed by atoms with Crippen molar-refractivity contribution in [3.63, 3.8) is 0 Å². The second-order valence-corrected chi connectivity index (χ2v) is 7.70. The Hall–Kier alpha value is -2.18. The van der Waals surface area contributed by atoms with Crippen molar-refractivity contribution < 1.29 is 19.1 Å². The maximum absolute atomic E-state index is 12.6. The first-order valence-electron chi connectivity index (χ1n) is 9.52. The minimum absolute atomic E-state index is 0.185. The minimum Gasteiger partial charge on any atom is -0.476 e. The molecular weight excluding hydrogens is 334 g/mol. The average Bonchev–Trinajstić information content (AvgIpc) is 3.48. The number of rotatable bonds is 9. The van der Waals surface area contributed by atoms with Gasteiger partial charge in [-0.3, -0.25) is 9.78 Å².